The number of nitrogens with one attached hydrogen (secondary N) is 1. The average molecular weight is 275 g/mol. The van der Waals surface area contributed by atoms with Crippen molar-refractivity contribution in [1.29, 1.82) is 5.41 Å². The topological polar surface area (TPSA) is 79.8 Å². The van der Waals surface area contributed by atoms with Gasteiger partial charge in [0.25, 0.3) is 0 Å². The predicted molar refractivity (Wildman–Crippen MR) is 70.5 cm³/mol. The molecule has 1 heterocycles. The lowest BCUT2D eigenvalue weighted by Gasteiger charge is -2.06. The molecule has 0 fully saturated rings. The zero-order chi connectivity index (χ0) is 14.7. The number of carbonyl (C=O) groups is 1. The van der Waals surface area contributed by atoms with Crippen LogP contribution in [-0.2, 0) is 11.2 Å². The van der Waals surface area contributed by atoms with E-state index in [-0.39, 0.29) is 22.7 Å². The number of aromatic nitrogens is 1. The van der Waals surface area contributed by atoms with E-state index >= 15 is 0 Å². The third kappa shape index (κ3) is 2.69. The van der Waals surface area contributed by atoms with Crippen LogP contribution >= 0.6 is 0 Å². The van der Waals surface area contributed by atoms with E-state index in [0.29, 0.717) is 0 Å². The quantitative estimate of drug-likeness (QED) is 0.839. The number of nitrogens with zero attached hydrogens (tertiary/aromatic N) is 1. The van der Waals surface area contributed by atoms with Crippen molar-refractivity contribution in [3.63, 3.8) is 0 Å². The summed E-state index contributed by atoms with van der Waals surface area (Å²) in [4.78, 5) is 15.7. The summed E-state index contributed by atoms with van der Waals surface area (Å²) in [7, 11) is 0. The first-order valence-corrected chi connectivity index (χ1v) is 5.76. The lowest BCUT2D eigenvalue weighted by atomic mass is 10.0. The summed E-state index contributed by atoms with van der Waals surface area (Å²) in [6.45, 7) is 0. The molecule has 0 unspecified atom stereocenters. The van der Waals surface area contributed by atoms with Crippen molar-refractivity contribution in [2.45, 2.75) is 6.42 Å². The second-order valence-corrected chi connectivity index (χ2v) is 4.12. The van der Waals surface area contributed by atoms with Crippen LogP contribution in [0.15, 0.2) is 36.5 Å². The first-order valence-electron chi connectivity index (χ1n) is 5.76. The van der Waals surface area contributed by atoms with Crippen LogP contribution < -0.4 is 5.73 Å². The maximum Gasteiger partial charge on any atom is 0.185 e. The monoisotopic (exact) mass is 275 g/mol. The average Bonchev–Trinajstić information content (AvgIpc) is 2.43. The van der Waals surface area contributed by atoms with Gasteiger partial charge < -0.3 is 5.73 Å². The van der Waals surface area contributed by atoms with Gasteiger partial charge in [-0.2, -0.15) is 0 Å². The number of ketones is 1. The van der Waals surface area contributed by atoms with E-state index in [1.54, 1.807) is 0 Å². The van der Waals surface area contributed by atoms with Crippen LogP contribution in [0.3, 0.4) is 0 Å². The van der Waals surface area contributed by atoms with Gasteiger partial charge in [0.1, 0.15) is 11.5 Å². The van der Waals surface area contributed by atoms with Crippen molar-refractivity contribution in [3.8, 4) is 0 Å². The van der Waals surface area contributed by atoms with Crippen LogP contribution in [0, 0.1) is 17.0 Å². The summed E-state index contributed by atoms with van der Waals surface area (Å²) >= 11 is 0. The minimum atomic E-state index is -1.08. The normalized spacial score (nSPS) is 10.3. The van der Waals surface area contributed by atoms with Crippen molar-refractivity contribution >= 4 is 17.3 Å². The van der Waals surface area contributed by atoms with Crippen LogP contribution in [0.4, 0.5) is 14.6 Å². The van der Waals surface area contributed by atoms with Crippen LogP contribution in [0.1, 0.15) is 11.1 Å². The van der Waals surface area contributed by atoms with Crippen LogP contribution in [0.5, 0.6) is 0 Å². The number of rotatable bonds is 4. The summed E-state index contributed by atoms with van der Waals surface area (Å²) in [5.74, 6) is -2.71. The van der Waals surface area contributed by atoms with Gasteiger partial charge in [0.05, 0.1) is 0 Å². The molecule has 0 aliphatic rings. The van der Waals surface area contributed by atoms with E-state index in [2.05, 4.69) is 4.98 Å². The molecule has 102 valence electrons. The van der Waals surface area contributed by atoms with Crippen LogP contribution in [0.2, 0.25) is 0 Å². The van der Waals surface area contributed by atoms with Crippen LogP contribution in [-0.4, -0.2) is 16.5 Å². The highest BCUT2D eigenvalue weighted by Crippen LogP contribution is 2.14. The number of halogens is 2. The Balaban J connectivity index is 2.23. The molecule has 6 heteroatoms. The second kappa shape index (κ2) is 5.56. The van der Waals surface area contributed by atoms with E-state index in [4.69, 9.17) is 11.1 Å². The maximum atomic E-state index is 13.5. The van der Waals surface area contributed by atoms with Crippen molar-refractivity contribution < 1.29 is 13.6 Å². The molecule has 20 heavy (non-hydrogen) atoms. The smallest absolute Gasteiger partial charge is 0.185 e. The molecule has 0 radical (unpaired) electrons. The summed E-state index contributed by atoms with van der Waals surface area (Å²) in [6, 6.07) is 6.59. The summed E-state index contributed by atoms with van der Waals surface area (Å²) in [6.07, 6.45) is 1.03. The molecule has 4 nitrogen and oxygen atoms in total. The number of nitrogens with two attached hydrogens (primary N) is 1. The van der Waals surface area contributed by atoms with Gasteiger partial charge in [0, 0.05) is 18.2 Å². The standard InChI is InChI=1S/C14H11F2N3O/c15-10-5-1-3-8(12(10)16)7-11(20)13(17)9-4-2-6-19-14(9)18/h1-6,17H,7H2,(H2,18,19). The molecule has 1 aromatic carbocycles. The Morgan fingerprint density at radius 2 is 2.00 bits per heavy atom. The number of hydrogen-bond donors (Lipinski definition) is 2. The van der Waals surface area contributed by atoms with Crippen molar-refractivity contribution in [1.82, 2.24) is 4.98 Å². The molecule has 2 aromatic rings. The molecule has 1 aromatic heterocycles. The number of anilines is 1. The Morgan fingerprint density at radius 3 is 2.70 bits per heavy atom. The molecule has 0 aliphatic carbocycles. The third-order valence-electron chi connectivity index (χ3n) is 2.77. The fraction of sp³-hybridized carbons (Fsp3) is 0.0714. The van der Waals surface area contributed by atoms with E-state index < -0.39 is 23.8 Å². The fourth-order valence-corrected chi connectivity index (χ4v) is 1.73. The number of pyridine rings is 1. The van der Waals surface area contributed by atoms with Gasteiger partial charge in [0.15, 0.2) is 17.4 Å². The van der Waals surface area contributed by atoms with Crippen molar-refractivity contribution in [2.75, 3.05) is 5.73 Å². The van der Waals surface area contributed by atoms with E-state index in [1.165, 1.54) is 30.5 Å². The lowest BCUT2D eigenvalue weighted by Crippen LogP contribution is -2.19. The summed E-state index contributed by atoms with van der Waals surface area (Å²) in [5, 5.41) is 7.76. The molecular formula is C14H11F2N3O. The Bertz CT molecular complexity index is 686. The largest absolute Gasteiger partial charge is 0.383 e. The minimum absolute atomic E-state index is 0.0468. The van der Waals surface area contributed by atoms with Crippen molar-refractivity contribution in [2.24, 2.45) is 0 Å². The number of hydrogen-bond acceptors (Lipinski definition) is 4. The number of Topliss-reactive ketones (excluding diaryl/α,β-unsaturated/α-hetero) is 1. The number of benzene rings is 1. The van der Waals surface area contributed by atoms with Gasteiger partial charge in [-0.25, -0.2) is 13.8 Å². The van der Waals surface area contributed by atoms with E-state index in [0.717, 1.165) is 6.07 Å². The second-order valence-electron chi connectivity index (χ2n) is 4.12. The Labute approximate surface area is 113 Å². The number of carbonyl (C=O) groups excluding carboxylic acids is 1. The zero-order valence-electron chi connectivity index (χ0n) is 10.4. The van der Waals surface area contributed by atoms with Gasteiger partial charge >= 0.3 is 0 Å². The Kier molecular flexibility index (Phi) is 3.84. The summed E-state index contributed by atoms with van der Waals surface area (Å²) in [5.41, 5.74) is 5.27. The van der Waals surface area contributed by atoms with Crippen LogP contribution in [0.25, 0.3) is 0 Å². The van der Waals surface area contributed by atoms with Gasteiger partial charge in [-0.1, -0.05) is 12.1 Å². The lowest BCUT2D eigenvalue weighted by molar-refractivity contribution is -0.112. The Hall–Kier alpha value is -2.63. The molecule has 0 spiro atoms. The molecule has 0 amide bonds. The first kappa shape index (κ1) is 13.8. The van der Waals surface area contributed by atoms with Crippen molar-refractivity contribution in [3.05, 3.63) is 59.3 Å². The molecule has 0 saturated heterocycles. The van der Waals surface area contributed by atoms with Gasteiger partial charge in [-0.3, -0.25) is 10.2 Å². The Morgan fingerprint density at radius 1 is 1.25 bits per heavy atom. The number of nitrogen functional groups attached to an aromatic ring is 1. The highest BCUT2D eigenvalue weighted by molar-refractivity contribution is 6.46. The van der Waals surface area contributed by atoms with Gasteiger partial charge in [0.2, 0.25) is 0 Å². The molecule has 0 bridgehead atoms. The zero-order valence-corrected chi connectivity index (χ0v) is 10.4. The molecule has 2 rings (SSSR count). The van der Waals surface area contributed by atoms with Gasteiger partial charge in [-0.15, -0.1) is 0 Å². The minimum Gasteiger partial charge on any atom is -0.383 e. The molecule has 0 saturated carbocycles. The first-order chi connectivity index (χ1) is 9.50. The van der Waals surface area contributed by atoms with E-state index in [1.807, 2.05) is 0 Å². The highest BCUT2D eigenvalue weighted by atomic mass is 19.2. The highest BCUT2D eigenvalue weighted by Gasteiger charge is 2.18. The molecule has 0 aliphatic heterocycles. The molecule has 3 N–H and O–H groups in total. The van der Waals surface area contributed by atoms with Gasteiger partial charge in [-0.05, 0) is 23.8 Å². The van der Waals surface area contributed by atoms with E-state index in [9.17, 15) is 13.6 Å². The molecule has 0 atom stereocenters. The third-order valence-corrected chi connectivity index (χ3v) is 2.77. The maximum absolute atomic E-state index is 13.5. The summed E-state index contributed by atoms with van der Waals surface area (Å²) < 4.78 is 26.5. The molecular weight excluding hydrogens is 264 g/mol. The fourth-order valence-electron chi connectivity index (χ4n) is 1.73. The SMILES string of the molecule is N=C(C(=O)Cc1cccc(F)c1F)c1cccnc1N. The predicted octanol–water partition coefficient (Wildman–Crippen LogP) is 2.12.